The summed E-state index contributed by atoms with van der Waals surface area (Å²) in [7, 11) is 3.92. The minimum Gasteiger partial charge on any atom is -0.408 e. The Balaban J connectivity index is 2.48. The maximum absolute atomic E-state index is 8.44. The van der Waals surface area contributed by atoms with Gasteiger partial charge in [-0.1, -0.05) is 5.16 Å². The van der Waals surface area contributed by atoms with Crippen molar-refractivity contribution in [3.05, 3.63) is 0 Å². The molecule has 0 saturated carbocycles. The van der Waals surface area contributed by atoms with E-state index in [-0.39, 0.29) is 5.96 Å². The molecule has 0 aliphatic carbocycles. The molecule has 3 N–H and O–H groups in total. The summed E-state index contributed by atoms with van der Waals surface area (Å²) in [6.07, 6.45) is 1.07. The summed E-state index contributed by atoms with van der Waals surface area (Å²) < 4.78 is 0. The van der Waals surface area contributed by atoms with Gasteiger partial charge in [-0.15, -0.1) is 0 Å². The quantitative estimate of drug-likeness (QED) is 0.238. The van der Waals surface area contributed by atoms with E-state index in [0.29, 0.717) is 6.04 Å². The molecule has 1 fully saturated rings. The Morgan fingerprint density at radius 1 is 1.75 bits per heavy atom. The van der Waals surface area contributed by atoms with Crippen molar-refractivity contribution >= 4 is 5.96 Å². The van der Waals surface area contributed by atoms with Gasteiger partial charge in [0, 0.05) is 19.6 Å². The molecule has 1 aliphatic rings. The number of hydrogen-bond donors (Lipinski definition) is 2. The van der Waals surface area contributed by atoms with E-state index in [1.165, 1.54) is 0 Å². The van der Waals surface area contributed by atoms with Crippen molar-refractivity contribution in [2.45, 2.75) is 12.5 Å². The summed E-state index contributed by atoms with van der Waals surface area (Å²) in [4.78, 5) is 4.04. The molecule has 0 amide bonds. The highest BCUT2D eigenvalue weighted by Gasteiger charge is 2.24. The maximum Gasteiger partial charge on any atom is 0.233 e. The number of hydrogen-bond acceptors (Lipinski definition) is 3. The van der Waals surface area contributed by atoms with Gasteiger partial charge in [-0.25, -0.2) is 0 Å². The van der Waals surface area contributed by atoms with E-state index in [0.717, 1.165) is 19.5 Å². The highest BCUT2D eigenvalue weighted by Crippen LogP contribution is 2.11. The summed E-state index contributed by atoms with van der Waals surface area (Å²) in [5, 5.41) is 11.4. The Labute approximate surface area is 72.4 Å². The third kappa shape index (κ3) is 1.79. The zero-order valence-electron chi connectivity index (χ0n) is 7.56. The van der Waals surface area contributed by atoms with Crippen molar-refractivity contribution in [3.63, 3.8) is 0 Å². The van der Waals surface area contributed by atoms with Gasteiger partial charge in [0.2, 0.25) is 5.96 Å². The molecular formula is C7H16N4O. The monoisotopic (exact) mass is 172 g/mol. The number of nitrogens with two attached hydrogens (primary N) is 1. The van der Waals surface area contributed by atoms with E-state index in [4.69, 9.17) is 10.9 Å². The van der Waals surface area contributed by atoms with Gasteiger partial charge >= 0.3 is 0 Å². The minimum atomic E-state index is 0.190. The molecule has 0 aromatic rings. The molecule has 0 radical (unpaired) electrons. The highest BCUT2D eigenvalue weighted by molar-refractivity contribution is 5.77. The molecule has 1 unspecified atom stereocenters. The van der Waals surface area contributed by atoms with Crippen LogP contribution in [0.5, 0.6) is 0 Å². The van der Waals surface area contributed by atoms with Crippen LogP contribution in [0.3, 0.4) is 0 Å². The Bertz CT molecular complexity index is 182. The topological polar surface area (TPSA) is 65.1 Å². The number of nitrogens with zero attached hydrogens (tertiary/aromatic N) is 3. The molecule has 1 aliphatic heterocycles. The number of rotatable bonds is 1. The van der Waals surface area contributed by atoms with Gasteiger partial charge < -0.3 is 20.7 Å². The Morgan fingerprint density at radius 3 is 2.83 bits per heavy atom. The third-order valence-corrected chi connectivity index (χ3v) is 2.38. The van der Waals surface area contributed by atoms with Crippen molar-refractivity contribution < 1.29 is 5.21 Å². The average molecular weight is 172 g/mol. The first-order valence-corrected chi connectivity index (χ1v) is 4.04. The lowest BCUT2D eigenvalue weighted by Crippen LogP contribution is -2.42. The molecule has 0 aromatic heterocycles. The van der Waals surface area contributed by atoms with Crippen molar-refractivity contribution in [2.75, 3.05) is 27.2 Å². The first-order chi connectivity index (χ1) is 5.65. The van der Waals surface area contributed by atoms with Crippen molar-refractivity contribution in [1.29, 1.82) is 0 Å². The van der Waals surface area contributed by atoms with Crippen molar-refractivity contribution in [2.24, 2.45) is 10.9 Å². The van der Waals surface area contributed by atoms with Crippen molar-refractivity contribution in [3.8, 4) is 0 Å². The molecule has 1 saturated heterocycles. The predicted molar refractivity (Wildman–Crippen MR) is 47.1 cm³/mol. The average Bonchev–Trinajstić information content (AvgIpc) is 2.49. The Morgan fingerprint density at radius 2 is 2.42 bits per heavy atom. The summed E-state index contributed by atoms with van der Waals surface area (Å²) in [6.45, 7) is 2.06. The van der Waals surface area contributed by atoms with Gasteiger partial charge in [-0.3, -0.25) is 0 Å². The molecule has 70 valence electrons. The van der Waals surface area contributed by atoms with E-state index < -0.39 is 0 Å². The minimum absolute atomic E-state index is 0.190. The van der Waals surface area contributed by atoms with Gasteiger partial charge in [0.1, 0.15) is 0 Å². The van der Waals surface area contributed by atoms with Crippen LogP contribution in [0.4, 0.5) is 0 Å². The first kappa shape index (κ1) is 9.12. The molecular weight excluding hydrogens is 156 g/mol. The standard InChI is InChI=1S/C7H16N4O/c1-10-4-3-6(5-10)11(2)7(8)9-12/h6,12H,3-5H2,1-2H3,(H2,8,9). The SMILES string of the molecule is CN1CCC(N(C)/C(N)=N/O)C1. The molecule has 0 aromatic carbocycles. The molecule has 0 spiro atoms. The second kappa shape index (κ2) is 3.62. The zero-order chi connectivity index (χ0) is 9.14. The number of oxime groups is 1. The second-order valence-corrected chi connectivity index (χ2v) is 3.27. The molecule has 5 heteroatoms. The normalized spacial score (nSPS) is 26.2. The molecule has 5 nitrogen and oxygen atoms in total. The van der Waals surface area contributed by atoms with Crippen LogP contribution in [0.25, 0.3) is 0 Å². The van der Waals surface area contributed by atoms with Gasteiger partial charge in [-0.2, -0.15) is 0 Å². The van der Waals surface area contributed by atoms with Crippen molar-refractivity contribution in [1.82, 2.24) is 9.80 Å². The van der Waals surface area contributed by atoms with Crippen LogP contribution in [0, 0.1) is 0 Å². The first-order valence-electron chi connectivity index (χ1n) is 4.04. The second-order valence-electron chi connectivity index (χ2n) is 3.27. The van der Waals surface area contributed by atoms with Gasteiger partial charge in [-0.05, 0) is 20.0 Å². The summed E-state index contributed by atoms with van der Waals surface area (Å²) in [5.74, 6) is 0.190. The van der Waals surface area contributed by atoms with Crippen LogP contribution >= 0.6 is 0 Å². The Hall–Kier alpha value is -0.970. The van der Waals surface area contributed by atoms with E-state index in [1.807, 2.05) is 11.9 Å². The van der Waals surface area contributed by atoms with Crippen LogP contribution in [0.1, 0.15) is 6.42 Å². The highest BCUT2D eigenvalue weighted by atomic mass is 16.4. The molecule has 1 atom stereocenters. The number of likely N-dealkylation sites (tertiary alicyclic amines) is 1. The molecule has 0 bridgehead atoms. The Kier molecular flexibility index (Phi) is 2.75. The molecule has 1 heterocycles. The van der Waals surface area contributed by atoms with E-state index >= 15 is 0 Å². The fourth-order valence-electron chi connectivity index (χ4n) is 1.49. The third-order valence-electron chi connectivity index (χ3n) is 2.38. The van der Waals surface area contributed by atoms with Gasteiger partial charge in [0.05, 0.1) is 0 Å². The largest absolute Gasteiger partial charge is 0.408 e. The fourth-order valence-corrected chi connectivity index (χ4v) is 1.49. The number of guanidine groups is 1. The van der Waals surface area contributed by atoms with Crippen LogP contribution < -0.4 is 5.73 Å². The fraction of sp³-hybridized carbons (Fsp3) is 0.857. The lowest BCUT2D eigenvalue weighted by atomic mass is 10.2. The van der Waals surface area contributed by atoms with Crippen LogP contribution in [0.2, 0.25) is 0 Å². The number of likely N-dealkylation sites (N-methyl/N-ethyl adjacent to an activating group) is 2. The lowest BCUT2D eigenvalue weighted by Gasteiger charge is -2.23. The predicted octanol–water partition coefficient (Wildman–Crippen LogP) is -0.674. The lowest BCUT2D eigenvalue weighted by molar-refractivity contribution is 0.286. The summed E-state index contributed by atoms with van der Waals surface area (Å²) in [5.41, 5.74) is 5.45. The van der Waals surface area contributed by atoms with Crippen LogP contribution in [0.15, 0.2) is 5.16 Å². The van der Waals surface area contributed by atoms with E-state index in [2.05, 4.69) is 17.1 Å². The summed E-state index contributed by atoms with van der Waals surface area (Å²) in [6, 6.07) is 0.380. The zero-order valence-corrected chi connectivity index (χ0v) is 7.56. The van der Waals surface area contributed by atoms with Gasteiger partial charge in [0.25, 0.3) is 0 Å². The maximum atomic E-state index is 8.44. The van der Waals surface area contributed by atoms with E-state index in [1.54, 1.807) is 0 Å². The molecule has 12 heavy (non-hydrogen) atoms. The molecule has 1 rings (SSSR count). The smallest absolute Gasteiger partial charge is 0.233 e. The van der Waals surface area contributed by atoms with Crippen LogP contribution in [-0.4, -0.2) is 54.2 Å². The van der Waals surface area contributed by atoms with Crippen LogP contribution in [-0.2, 0) is 0 Å². The van der Waals surface area contributed by atoms with E-state index in [9.17, 15) is 0 Å². The summed E-state index contributed by atoms with van der Waals surface area (Å²) >= 11 is 0. The van der Waals surface area contributed by atoms with Gasteiger partial charge in [0.15, 0.2) is 0 Å².